The van der Waals surface area contributed by atoms with Crippen LogP contribution in [0.5, 0.6) is 0 Å². The molecule has 0 bridgehead atoms. The Kier molecular flexibility index (Phi) is 6.27. The molecule has 1 N–H and O–H groups in total. The van der Waals surface area contributed by atoms with Crippen molar-refractivity contribution in [2.75, 3.05) is 11.1 Å². The quantitative estimate of drug-likeness (QED) is 0.462. The number of amides is 1. The molecule has 0 aliphatic carbocycles. The highest BCUT2D eigenvalue weighted by Gasteiger charge is 2.16. The molecule has 0 saturated heterocycles. The molecule has 28 heavy (non-hydrogen) atoms. The smallest absolute Gasteiger partial charge is 0.262 e. The number of fused-ring (bicyclic) bond motifs is 1. The van der Waals surface area contributed by atoms with Gasteiger partial charge >= 0.3 is 0 Å². The van der Waals surface area contributed by atoms with E-state index in [0.717, 1.165) is 0 Å². The summed E-state index contributed by atoms with van der Waals surface area (Å²) in [5.74, 6) is -0.00212. The van der Waals surface area contributed by atoms with Crippen molar-refractivity contribution in [3.8, 4) is 0 Å². The first-order valence-corrected chi connectivity index (χ1v) is 10.3. The highest BCUT2D eigenvalue weighted by Crippen LogP contribution is 2.29. The van der Waals surface area contributed by atoms with Crippen LogP contribution in [0.1, 0.15) is 25.5 Å². The number of pyridine rings is 1. The summed E-state index contributed by atoms with van der Waals surface area (Å²) in [4.78, 5) is 33.8. The predicted octanol–water partition coefficient (Wildman–Crippen LogP) is 4.72. The zero-order chi connectivity index (χ0) is 20.4. The molecule has 0 atom stereocenters. The summed E-state index contributed by atoms with van der Waals surface area (Å²) in [6.07, 6.45) is 1.44. The van der Waals surface area contributed by atoms with Crippen LogP contribution in [0.4, 0.5) is 5.82 Å². The summed E-state index contributed by atoms with van der Waals surface area (Å²) in [6.45, 7) is 5.56. The zero-order valence-corrected chi connectivity index (χ0v) is 17.8. The van der Waals surface area contributed by atoms with E-state index >= 15 is 0 Å². The second-order valence-electron chi connectivity index (χ2n) is 6.41. The lowest BCUT2D eigenvalue weighted by molar-refractivity contribution is -0.113. The summed E-state index contributed by atoms with van der Waals surface area (Å²) in [5.41, 5.74) is 1.12. The molecule has 2 aromatic heterocycles. The number of hydrogen-bond donors (Lipinski definition) is 1. The van der Waals surface area contributed by atoms with Gasteiger partial charge in [0.05, 0.1) is 26.7 Å². The molecule has 0 saturated carbocycles. The van der Waals surface area contributed by atoms with Gasteiger partial charge in [-0.3, -0.25) is 14.2 Å². The van der Waals surface area contributed by atoms with E-state index in [-0.39, 0.29) is 29.1 Å². The van der Waals surface area contributed by atoms with Gasteiger partial charge in [0.1, 0.15) is 0 Å². The Labute approximate surface area is 176 Å². The van der Waals surface area contributed by atoms with Crippen molar-refractivity contribution >= 4 is 57.6 Å². The predicted molar refractivity (Wildman–Crippen MR) is 115 cm³/mol. The molecule has 0 unspecified atom stereocenters. The number of nitrogens with zero attached hydrogens (tertiary/aromatic N) is 3. The van der Waals surface area contributed by atoms with E-state index in [0.29, 0.717) is 31.7 Å². The van der Waals surface area contributed by atoms with Gasteiger partial charge in [-0.1, -0.05) is 47.1 Å². The molecule has 0 aliphatic heterocycles. The first kappa shape index (κ1) is 20.6. The van der Waals surface area contributed by atoms with Gasteiger partial charge in [-0.25, -0.2) is 9.97 Å². The van der Waals surface area contributed by atoms with Crippen molar-refractivity contribution in [1.29, 1.82) is 0 Å². The highest BCUT2D eigenvalue weighted by atomic mass is 35.5. The number of para-hydroxylation sites is 1. The monoisotopic (exact) mass is 436 g/mol. The van der Waals surface area contributed by atoms with E-state index < -0.39 is 0 Å². The van der Waals surface area contributed by atoms with Crippen molar-refractivity contribution in [1.82, 2.24) is 14.5 Å². The van der Waals surface area contributed by atoms with E-state index in [1.54, 1.807) is 29.7 Å². The van der Waals surface area contributed by atoms with Crippen molar-refractivity contribution in [2.45, 2.75) is 32.0 Å². The van der Waals surface area contributed by atoms with Crippen molar-refractivity contribution < 1.29 is 4.79 Å². The lowest BCUT2D eigenvalue weighted by Crippen LogP contribution is -2.25. The van der Waals surface area contributed by atoms with E-state index in [9.17, 15) is 9.59 Å². The molecule has 0 fully saturated rings. The summed E-state index contributed by atoms with van der Waals surface area (Å²) >= 11 is 13.3. The van der Waals surface area contributed by atoms with Crippen LogP contribution in [-0.2, 0) is 4.79 Å². The molecule has 0 radical (unpaired) electrons. The van der Waals surface area contributed by atoms with Crippen LogP contribution in [0.15, 0.2) is 40.4 Å². The minimum Gasteiger partial charge on any atom is -0.309 e. The number of carbonyl (C=O) groups excluding carboxylic acids is 1. The fraction of sp³-hybridized carbons (Fsp3) is 0.263. The fourth-order valence-electron chi connectivity index (χ4n) is 2.63. The van der Waals surface area contributed by atoms with Crippen LogP contribution in [0.2, 0.25) is 10.0 Å². The Morgan fingerprint density at radius 2 is 2.00 bits per heavy atom. The SMILES string of the molecule is Cc1c(Cl)cnc(NC(=O)CSc2nc3ccccc3c(=O)n2C(C)C)c1Cl. The Morgan fingerprint density at radius 3 is 2.71 bits per heavy atom. The van der Waals surface area contributed by atoms with Crippen molar-refractivity contribution in [2.24, 2.45) is 0 Å². The maximum absolute atomic E-state index is 12.8. The first-order chi connectivity index (χ1) is 13.3. The number of nitrogens with one attached hydrogen (secondary N) is 1. The van der Waals surface area contributed by atoms with E-state index in [1.165, 1.54) is 18.0 Å². The number of halogens is 2. The first-order valence-electron chi connectivity index (χ1n) is 8.54. The molecule has 1 amide bonds. The number of rotatable bonds is 5. The van der Waals surface area contributed by atoms with Gasteiger partial charge in [0.15, 0.2) is 11.0 Å². The number of benzene rings is 1. The molecule has 146 valence electrons. The molecule has 6 nitrogen and oxygen atoms in total. The van der Waals surface area contributed by atoms with Gasteiger partial charge in [-0.2, -0.15) is 0 Å². The molecular formula is C19H18Cl2N4O2S. The Hall–Kier alpha value is -2.09. The van der Waals surface area contributed by atoms with Gasteiger partial charge in [-0.15, -0.1) is 0 Å². The maximum atomic E-state index is 12.8. The third kappa shape index (κ3) is 4.16. The third-order valence-electron chi connectivity index (χ3n) is 4.08. The molecule has 3 aromatic rings. The van der Waals surface area contributed by atoms with Crippen LogP contribution >= 0.6 is 35.0 Å². The standard InChI is InChI=1S/C19H18Cl2N4O2S/c1-10(2)25-18(27)12-6-4-5-7-14(12)23-19(25)28-9-15(26)24-17-16(21)11(3)13(20)8-22-17/h4-8,10H,9H2,1-3H3,(H,22,24,26). The number of carbonyl (C=O) groups is 1. The average Bonchev–Trinajstić information content (AvgIpc) is 2.66. The summed E-state index contributed by atoms with van der Waals surface area (Å²) < 4.78 is 1.60. The normalized spacial score (nSPS) is 11.2. The van der Waals surface area contributed by atoms with Gasteiger partial charge in [-0.05, 0) is 38.5 Å². The average molecular weight is 437 g/mol. The van der Waals surface area contributed by atoms with Crippen LogP contribution in [0.25, 0.3) is 10.9 Å². The summed E-state index contributed by atoms with van der Waals surface area (Å²) in [7, 11) is 0. The van der Waals surface area contributed by atoms with E-state index in [2.05, 4.69) is 15.3 Å². The molecule has 0 aliphatic rings. The topological polar surface area (TPSA) is 76.9 Å². The van der Waals surface area contributed by atoms with Crippen LogP contribution in [-0.4, -0.2) is 26.2 Å². The second-order valence-corrected chi connectivity index (χ2v) is 8.14. The van der Waals surface area contributed by atoms with Crippen LogP contribution < -0.4 is 10.9 Å². The summed E-state index contributed by atoms with van der Waals surface area (Å²) in [5, 5.41) is 4.44. The number of aromatic nitrogens is 3. The van der Waals surface area contributed by atoms with Crippen LogP contribution in [0, 0.1) is 6.92 Å². The zero-order valence-electron chi connectivity index (χ0n) is 15.5. The number of hydrogen-bond acceptors (Lipinski definition) is 5. The van der Waals surface area contributed by atoms with E-state index in [1.807, 2.05) is 19.9 Å². The van der Waals surface area contributed by atoms with Gasteiger partial charge in [0, 0.05) is 12.2 Å². The molecule has 0 spiro atoms. The fourth-order valence-corrected chi connectivity index (χ4v) is 3.94. The second kappa shape index (κ2) is 8.51. The molecule has 9 heteroatoms. The summed E-state index contributed by atoms with van der Waals surface area (Å²) in [6, 6.07) is 7.07. The van der Waals surface area contributed by atoms with Gasteiger partial charge in [0.2, 0.25) is 5.91 Å². The Balaban J connectivity index is 1.83. The van der Waals surface area contributed by atoms with Gasteiger partial charge in [0.25, 0.3) is 5.56 Å². The minimum atomic E-state index is -0.307. The molecule has 2 heterocycles. The largest absolute Gasteiger partial charge is 0.309 e. The Morgan fingerprint density at radius 1 is 1.29 bits per heavy atom. The van der Waals surface area contributed by atoms with Crippen molar-refractivity contribution in [3.63, 3.8) is 0 Å². The number of anilines is 1. The molecule has 1 aromatic carbocycles. The van der Waals surface area contributed by atoms with Crippen molar-refractivity contribution in [3.05, 3.63) is 56.4 Å². The molecular weight excluding hydrogens is 419 g/mol. The van der Waals surface area contributed by atoms with Gasteiger partial charge < -0.3 is 5.32 Å². The van der Waals surface area contributed by atoms with Crippen LogP contribution in [0.3, 0.4) is 0 Å². The highest BCUT2D eigenvalue weighted by molar-refractivity contribution is 7.99. The third-order valence-corrected chi connectivity index (χ3v) is 5.88. The number of thioether (sulfide) groups is 1. The Bertz CT molecular complexity index is 1120. The molecule has 3 rings (SSSR count). The minimum absolute atomic E-state index is 0.0528. The lowest BCUT2D eigenvalue weighted by Gasteiger charge is -2.16. The van der Waals surface area contributed by atoms with E-state index in [4.69, 9.17) is 23.2 Å². The maximum Gasteiger partial charge on any atom is 0.262 e. The lowest BCUT2D eigenvalue weighted by atomic mass is 10.2.